The zero-order valence-electron chi connectivity index (χ0n) is 16.3. The minimum atomic E-state index is -0.0983. The van der Waals surface area contributed by atoms with Crippen molar-refractivity contribution in [2.45, 2.75) is 38.2 Å². The third kappa shape index (κ3) is 4.56. The van der Waals surface area contributed by atoms with Crippen molar-refractivity contribution >= 4 is 11.7 Å². The molecule has 0 radical (unpaired) electrons. The largest absolute Gasteiger partial charge is 0.470 e. The van der Waals surface area contributed by atoms with Gasteiger partial charge < -0.3 is 14.5 Å². The molecule has 1 saturated heterocycles. The molecule has 1 aromatic heterocycles. The number of anilines is 1. The van der Waals surface area contributed by atoms with E-state index in [0.717, 1.165) is 31.4 Å². The molecule has 144 valence electrons. The summed E-state index contributed by atoms with van der Waals surface area (Å²) in [4.78, 5) is 25.6. The summed E-state index contributed by atoms with van der Waals surface area (Å²) in [7, 11) is 3.83. The van der Waals surface area contributed by atoms with E-state index in [9.17, 15) is 4.79 Å². The zero-order chi connectivity index (χ0) is 19.2. The second-order valence-electron chi connectivity index (χ2n) is 7.12. The summed E-state index contributed by atoms with van der Waals surface area (Å²) < 4.78 is 6.14. The number of hydrogen-bond acceptors (Lipinski definition) is 5. The summed E-state index contributed by atoms with van der Waals surface area (Å²) in [6, 6.07) is 10.0. The van der Waals surface area contributed by atoms with Gasteiger partial charge in [-0.05, 0) is 24.8 Å². The fourth-order valence-corrected chi connectivity index (χ4v) is 3.56. The number of benzene rings is 1. The van der Waals surface area contributed by atoms with E-state index in [4.69, 9.17) is 4.74 Å². The van der Waals surface area contributed by atoms with Crippen LogP contribution in [0.4, 0.5) is 5.82 Å². The number of carbonyl (C=O) groups is 1. The number of rotatable bonds is 6. The van der Waals surface area contributed by atoms with Crippen molar-refractivity contribution in [1.82, 2.24) is 14.9 Å². The normalized spacial score (nSPS) is 18.0. The molecular formula is C21H28N4O2. The highest BCUT2D eigenvalue weighted by molar-refractivity contribution is 5.83. The quantitative estimate of drug-likeness (QED) is 0.784. The number of ether oxygens (including phenoxy) is 1. The lowest BCUT2D eigenvalue weighted by molar-refractivity contribution is -0.135. The third-order valence-corrected chi connectivity index (χ3v) is 4.95. The molecule has 2 unspecified atom stereocenters. The van der Waals surface area contributed by atoms with Crippen LogP contribution in [-0.4, -0.2) is 54.1 Å². The fourth-order valence-electron chi connectivity index (χ4n) is 3.56. The maximum Gasteiger partial charge on any atom is 0.257 e. The van der Waals surface area contributed by atoms with E-state index < -0.39 is 0 Å². The van der Waals surface area contributed by atoms with Crippen LogP contribution in [0.2, 0.25) is 0 Å². The van der Waals surface area contributed by atoms with Crippen LogP contribution in [0.3, 0.4) is 0 Å². The second kappa shape index (κ2) is 8.84. The molecule has 0 aliphatic carbocycles. The van der Waals surface area contributed by atoms with Gasteiger partial charge in [-0.15, -0.1) is 0 Å². The van der Waals surface area contributed by atoms with Crippen LogP contribution in [0.1, 0.15) is 37.7 Å². The van der Waals surface area contributed by atoms with Gasteiger partial charge in [-0.1, -0.05) is 37.3 Å². The Bertz CT molecular complexity index is 751. The molecule has 2 heterocycles. The lowest BCUT2D eigenvalue weighted by Gasteiger charge is -2.35. The van der Waals surface area contributed by atoms with Gasteiger partial charge in [-0.25, -0.2) is 9.97 Å². The lowest BCUT2D eigenvalue weighted by Crippen LogP contribution is -2.46. The smallest absolute Gasteiger partial charge is 0.257 e. The Balaban J connectivity index is 1.70. The van der Waals surface area contributed by atoms with Gasteiger partial charge in [-0.3, -0.25) is 4.79 Å². The highest BCUT2D eigenvalue weighted by Gasteiger charge is 2.30. The molecule has 0 bridgehead atoms. The number of hydrogen-bond donors (Lipinski definition) is 0. The molecule has 6 heteroatoms. The Morgan fingerprint density at radius 1 is 1.26 bits per heavy atom. The number of piperidine rings is 1. The predicted octanol–water partition coefficient (Wildman–Crippen LogP) is 3.11. The minimum Gasteiger partial charge on any atom is -0.470 e. The summed E-state index contributed by atoms with van der Waals surface area (Å²) in [5, 5.41) is 0. The second-order valence-corrected chi connectivity index (χ2v) is 7.12. The van der Waals surface area contributed by atoms with Gasteiger partial charge in [0.15, 0.2) is 5.82 Å². The Morgan fingerprint density at radius 2 is 2.00 bits per heavy atom. The van der Waals surface area contributed by atoms with E-state index in [-0.39, 0.29) is 17.9 Å². The van der Waals surface area contributed by atoms with Crippen LogP contribution in [0.15, 0.2) is 42.7 Å². The summed E-state index contributed by atoms with van der Waals surface area (Å²) in [6.07, 6.45) is 5.86. The van der Waals surface area contributed by atoms with E-state index in [1.165, 1.54) is 0 Å². The summed E-state index contributed by atoms with van der Waals surface area (Å²) in [6.45, 7) is 3.44. The SMILES string of the molecule is CCC(C(=O)N1CCCC(Oc2nccnc2N(C)C)C1)c1ccccc1. The first-order chi connectivity index (χ1) is 13.1. The standard InChI is InChI=1S/C21H28N4O2/c1-4-18(16-9-6-5-7-10-16)21(26)25-14-8-11-17(15-25)27-20-19(24(2)3)22-12-13-23-20/h5-7,9-10,12-13,17-18H,4,8,11,14-15H2,1-3H3. The van der Waals surface area contributed by atoms with Crippen molar-refractivity contribution < 1.29 is 9.53 Å². The molecule has 27 heavy (non-hydrogen) atoms. The molecule has 1 amide bonds. The number of likely N-dealkylation sites (tertiary alicyclic amines) is 1. The average molecular weight is 368 g/mol. The molecule has 1 aliphatic rings. The van der Waals surface area contributed by atoms with Crippen LogP contribution in [0.5, 0.6) is 5.88 Å². The maximum atomic E-state index is 13.1. The molecule has 2 atom stereocenters. The zero-order valence-corrected chi connectivity index (χ0v) is 16.3. The molecule has 0 saturated carbocycles. The van der Waals surface area contributed by atoms with Crippen molar-refractivity contribution in [1.29, 1.82) is 0 Å². The first-order valence-electron chi connectivity index (χ1n) is 9.58. The first kappa shape index (κ1) is 19.1. The van der Waals surface area contributed by atoms with Crippen molar-refractivity contribution in [3.05, 3.63) is 48.3 Å². The minimum absolute atomic E-state index is 0.0635. The summed E-state index contributed by atoms with van der Waals surface area (Å²) >= 11 is 0. The van der Waals surface area contributed by atoms with Gasteiger partial charge >= 0.3 is 0 Å². The number of amides is 1. The van der Waals surface area contributed by atoms with Gasteiger partial charge in [0.05, 0.1) is 12.5 Å². The molecule has 0 N–H and O–H groups in total. The molecule has 6 nitrogen and oxygen atoms in total. The third-order valence-electron chi connectivity index (χ3n) is 4.95. The number of aromatic nitrogens is 2. The maximum absolute atomic E-state index is 13.1. The van der Waals surface area contributed by atoms with Crippen molar-refractivity contribution in [3.8, 4) is 5.88 Å². The lowest BCUT2D eigenvalue weighted by atomic mass is 9.94. The van der Waals surface area contributed by atoms with E-state index in [1.807, 2.05) is 54.2 Å². The Hall–Kier alpha value is -2.63. The van der Waals surface area contributed by atoms with E-state index in [0.29, 0.717) is 18.2 Å². The molecule has 2 aromatic rings. The molecular weight excluding hydrogens is 340 g/mol. The van der Waals surface area contributed by atoms with Crippen LogP contribution in [0.25, 0.3) is 0 Å². The molecule has 1 fully saturated rings. The van der Waals surface area contributed by atoms with E-state index in [1.54, 1.807) is 12.4 Å². The highest BCUT2D eigenvalue weighted by atomic mass is 16.5. The Morgan fingerprint density at radius 3 is 2.70 bits per heavy atom. The number of carbonyl (C=O) groups excluding carboxylic acids is 1. The highest BCUT2D eigenvalue weighted by Crippen LogP contribution is 2.27. The van der Waals surface area contributed by atoms with Crippen molar-refractivity contribution in [2.75, 3.05) is 32.1 Å². The topological polar surface area (TPSA) is 58.6 Å². The molecule has 0 spiro atoms. The van der Waals surface area contributed by atoms with Gasteiger partial charge in [-0.2, -0.15) is 0 Å². The van der Waals surface area contributed by atoms with Crippen LogP contribution in [0, 0.1) is 0 Å². The van der Waals surface area contributed by atoms with Gasteiger partial charge in [0, 0.05) is 33.0 Å². The Labute approximate surface area is 161 Å². The summed E-state index contributed by atoms with van der Waals surface area (Å²) in [5.41, 5.74) is 1.08. The van der Waals surface area contributed by atoms with Gasteiger partial charge in [0.25, 0.3) is 5.88 Å². The van der Waals surface area contributed by atoms with E-state index >= 15 is 0 Å². The fraction of sp³-hybridized carbons (Fsp3) is 0.476. The molecule has 1 aromatic carbocycles. The average Bonchev–Trinajstić information content (AvgIpc) is 2.70. The van der Waals surface area contributed by atoms with Gasteiger partial charge in [0.2, 0.25) is 5.91 Å². The predicted molar refractivity (Wildman–Crippen MR) is 106 cm³/mol. The first-order valence-corrected chi connectivity index (χ1v) is 9.58. The van der Waals surface area contributed by atoms with Crippen LogP contribution in [-0.2, 0) is 4.79 Å². The molecule has 1 aliphatic heterocycles. The van der Waals surface area contributed by atoms with Crippen LogP contribution >= 0.6 is 0 Å². The Kier molecular flexibility index (Phi) is 6.27. The van der Waals surface area contributed by atoms with Crippen molar-refractivity contribution in [3.63, 3.8) is 0 Å². The van der Waals surface area contributed by atoms with E-state index in [2.05, 4.69) is 16.9 Å². The number of nitrogens with zero attached hydrogens (tertiary/aromatic N) is 4. The van der Waals surface area contributed by atoms with Crippen molar-refractivity contribution in [2.24, 2.45) is 0 Å². The van der Waals surface area contributed by atoms with Gasteiger partial charge in [0.1, 0.15) is 6.10 Å². The molecule has 3 rings (SSSR count). The van der Waals surface area contributed by atoms with Crippen LogP contribution < -0.4 is 9.64 Å². The monoisotopic (exact) mass is 368 g/mol. The summed E-state index contributed by atoms with van der Waals surface area (Å²) in [5.74, 6) is 1.32.